The van der Waals surface area contributed by atoms with Gasteiger partial charge in [-0.25, -0.2) is 4.98 Å². The molecule has 36 heavy (non-hydrogen) atoms. The van der Waals surface area contributed by atoms with Gasteiger partial charge in [-0.3, -0.25) is 9.69 Å². The van der Waals surface area contributed by atoms with Crippen LogP contribution in [0.2, 0.25) is 0 Å². The predicted octanol–water partition coefficient (Wildman–Crippen LogP) is 5.15. The lowest BCUT2D eigenvalue weighted by atomic mass is 10.1. The highest BCUT2D eigenvalue weighted by atomic mass is 35.5. The quantitative estimate of drug-likeness (QED) is 0.364. The third kappa shape index (κ3) is 6.24. The molecule has 0 N–H and O–H groups in total. The maximum absolute atomic E-state index is 13.2. The molecule has 5 rings (SSSR count). The van der Waals surface area contributed by atoms with Crippen molar-refractivity contribution in [3.63, 3.8) is 0 Å². The first-order valence-electron chi connectivity index (χ1n) is 11.7. The number of nitriles is 1. The fraction of sp³-hybridized carbons (Fsp3) is 0.250. The van der Waals surface area contributed by atoms with Crippen LogP contribution < -0.4 is 0 Å². The van der Waals surface area contributed by atoms with Gasteiger partial charge in [-0.05, 0) is 47.0 Å². The second kappa shape index (κ2) is 12.5. The number of halogens is 2. The van der Waals surface area contributed by atoms with E-state index < -0.39 is 0 Å². The molecule has 1 amide bonds. The number of carbonyl (C=O) groups is 1. The number of imidazole rings is 1. The second-order valence-electron chi connectivity index (χ2n) is 8.81. The third-order valence-electron chi connectivity index (χ3n) is 6.49. The first kappa shape index (κ1) is 27.2. The molecule has 8 heteroatoms. The van der Waals surface area contributed by atoms with Crippen LogP contribution in [0, 0.1) is 11.3 Å². The molecular weight excluding hydrogens is 493 g/mol. The molecule has 0 radical (unpaired) electrons. The molecule has 0 unspecified atom stereocenters. The van der Waals surface area contributed by atoms with Gasteiger partial charge in [0.15, 0.2) is 0 Å². The van der Waals surface area contributed by atoms with Crippen molar-refractivity contribution >= 4 is 41.5 Å². The van der Waals surface area contributed by atoms with E-state index in [0.717, 1.165) is 73.3 Å². The standard InChI is InChI=1S/C28H27N5O.2ClH/c29-17-22-6-8-23(9-7-22)19-33-21-30-18-27(33)20-31-12-3-13-32(15-14-31)28(34)26-11-10-24-4-1-2-5-25(24)16-26;;/h1-2,4-11,16,18,21H,3,12-15,19-20H2;2*1H. The number of hydrogen-bond donors (Lipinski definition) is 0. The molecule has 0 spiro atoms. The molecule has 186 valence electrons. The Balaban J connectivity index is 0.00000180. The van der Waals surface area contributed by atoms with E-state index in [1.165, 1.54) is 0 Å². The number of rotatable bonds is 5. The SMILES string of the molecule is Cl.Cl.N#Cc1ccc(Cn2cncc2CN2CCCN(C(=O)c3ccc4ccccc4c3)CC2)cc1. The first-order valence-corrected chi connectivity index (χ1v) is 11.7. The van der Waals surface area contributed by atoms with Gasteiger partial charge in [-0.15, -0.1) is 24.8 Å². The Morgan fingerprint density at radius 3 is 2.44 bits per heavy atom. The van der Waals surface area contributed by atoms with Crippen molar-refractivity contribution in [2.75, 3.05) is 26.2 Å². The molecule has 1 fully saturated rings. The Labute approximate surface area is 224 Å². The maximum Gasteiger partial charge on any atom is 0.253 e. The molecular formula is C28H29Cl2N5O. The molecule has 3 aromatic carbocycles. The second-order valence-corrected chi connectivity index (χ2v) is 8.81. The topological polar surface area (TPSA) is 65.2 Å². The fourth-order valence-electron chi connectivity index (χ4n) is 4.57. The summed E-state index contributed by atoms with van der Waals surface area (Å²) in [7, 11) is 0. The summed E-state index contributed by atoms with van der Waals surface area (Å²) in [6, 6.07) is 24.0. The Kier molecular flexibility index (Phi) is 9.49. The van der Waals surface area contributed by atoms with Gasteiger partial charge in [0.2, 0.25) is 0 Å². The van der Waals surface area contributed by atoms with E-state index in [1.807, 2.05) is 72.0 Å². The van der Waals surface area contributed by atoms with E-state index in [1.54, 1.807) is 0 Å². The molecule has 1 aliphatic heterocycles. The maximum atomic E-state index is 13.2. The highest BCUT2D eigenvalue weighted by Gasteiger charge is 2.21. The monoisotopic (exact) mass is 521 g/mol. The van der Waals surface area contributed by atoms with E-state index in [-0.39, 0.29) is 30.7 Å². The van der Waals surface area contributed by atoms with Crippen molar-refractivity contribution in [2.24, 2.45) is 0 Å². The summed E-state index contributed by atoms with van der Waals surface area (Å²) in [5.74, 6) is 0.110. The molecule has 0 atom stereocenters. The number of benzene rings is 3. The smallest absolute Gasteiger partial charge is 0.253 e. The van der Waals surface area contributed by atoms with Crippen LogP contribution in [-0.4, -0.2) is 51.4 Å². The fourth-order valence-corrected chi connectivity index (χ4v) is 4.57. The first-order chi connectivity index (χ1) is 16.7. The Morgan fingerprint density at radius 1 is 0.889 bits per heavy atom. The van der Waals surface area contributed by atoms with Crippen LogP contribution in [0.25, 0.3) is 10.8 Å². The van der Waals surface area contributed by atoms with Crippen LogP contribution in [0.3, 0.4) is 0 Å². The lowest BCUT2D eigenvalue weighted by Gasteiger charge is -2.22. The predicted molar refractivity (Wildman–Crippen MR) is 147 cm³/mol. The van der Waals surface area contributed by atoms with Crippen molar-refractivity contribution in [3.05, 3.63) is 102 Å². The number of nitrogens with zero attached hydrogens (tertiary/aromatic N) is 5. The van der Waals surface area contributed by atoms with Gasteiger partial charge in [-0.2, -0.15) is 5.26 Å². The lowest BCUT2D eigenvalue weighted by Crippen LogP contribution is -2.35. The summed E-state index contributed by atoms with van der Waals surface area (Å²) in [6.07, 6.45) is 4.73. The highest BCUT2D eigenvalue weighted by Crippen LogP contribution is 2.18. The molecule has 1 saturated heterocycles. The Morgan fingerprint density at radius 2 is 1.67 bits per heavy atom. The zero-order valence-corrected chi connectivity index (χ0v) is 21.5. The van der Waals surface area contributed by atoms with Gasteiger partial charge in [0.25, 0.3) is 5.91 Å². The number of carbonyl (C=O) groups excluding carboxylic acids is 1. The van der Waals surface area contributed by atoms with Crippen molar-refractivity contribution < 1.29 is 4.79 Å². The summed E-state index contributed by atoms with van der Waals surface area (Å²) in [6.45, 7) is 4.79. The van der Waals surface area contributed by atoms with E-state index in [2.05, 4.69) is 32.7 Å². The molecule has 1 aliphatic rings. The summed E-state index contributed by atoms with van der Waals surface area (Å²) in [5, 5.41) is 11.2. The number of aromatic nitrogens is 2. The van der Waals surface area contributed by atoms with Gasteiger partial charge in [-0.1, -0.05) is 42.5 Å². The number of amides is 1. The molecule has 0 aliphatic carbocycles. The summed E-state index contributed by atoms with van der Waals surface area (Å²) in [5.41, 5.74) is 3.72. The van der Waals surface area contributed by atoms with Gasteiger partial charge in [0.1, 0.15) is 0 Å². The highest BCUT2D eigenvalue weighted by molar-refractivity contribution is 5.98. The summed E-state index contributed by atoms with van der Waals surface area (Å²) in [4.78, 5) is 22.0. The van der Waals surface area contributed by atoms with Crippen LogP contribution >= 0.6 is 24.8 Å². The normalized spacial score (nSPS) is 13.8. The van der Waals surface area contributed by atoms with E-state index in [9.17, 15) is 4.79 Å². The average molecular weight is 522 g/mol. The largest absolute Gasteiger partial charge is 0.337 e. The van der Waals surface area contributed by atoms with Crippen LogP contribution in [0.15, 0.2) is 79.3 Å². The third-order valence-corrected chi connectivity index (χ3v) is 6.49. The van der Waals surface area contributed by atoms with E-state index in [4.69, 9.17) is 5.26 Å². The van der Waals surface area contributed by atoms with Crippen LogP contribution in [-0.2, 0) is 13.1 Å². The Hall–Kier alpha value is -3.37. The number of hydrogen-bond acceptors (Lipinski definition) is 4. The number of fused-ring (bicyclic) bond motifs is 1. The molecule has 0 bridgehead atoms. The van der Waals surface area contributed by atoms with Gasteiger partial charge in [0, 0.05) is 51.0 Å². The van der Waals surface area contributed by atoms with Crippen molar-refractivity contribution in [1.29, 1.82) is 5.26 Å². The summed E-state index contributed by atoms with van der Waals surface area (Å²) < 4.78 is 2.16. The minimum absolute atomic E-state index is 0. The van der Waals surface area contributed by atoms with Gasteiger partial charge >= 0.3 is 0 Å². The van der Waals surface area contributed by atoms with Crippen LogP contribution in [0.4, 0.5) is 0 Å². The lowest BCUT2D eigenvalue weighted by molar-refractivity contribution is 0.0761. The van der Waals surface area contributed by atoms with Crippen LogP contribution in [0.5, 0.6) is 0 Å². The van der Waals surface area contributed by atoms with Crippen LogP contribution in [0.1, 0.15) is 33.6 Å². The molecule has 2 heterocycles. The molecule has 1 aromatic heterocycles. The van der Waals surface area contributed by atoms with Crippen molar-refractivity contribution in [3.8, 4) is 6.07 Å². The average Bonchev–Trinajstić information content (AvgIpc) is 3.17. The minimum atomic E-state index is 0. The van der Waals surface area contributed by atoms with Gasteiger partial charge in [0.05, 0.1) is 23.7 Å². The zero-order chi connectivity index (χ0) is 23.3. The molecule has 4 aromatic rings. The Bertz CT molecular complexity index is 1350. The zero-order valence-electron chi connectivity index (χ0n) is 19.9. The van der Waals surface area contributed by atoms with Gasteiger partial charge < -0.3 is 9.47 Å². The van der Waals surface area contributed by atoms with E-state index >= 15 is 0 Å². The molecule has 0 saturated carbocycles. The molecule has 6 nitrogen and oxygen atoms in total. The minimum Gasteiger partial charge on any atom is -0.337 e. The van der Waals surface area contributed by atoms with Crippen molar-refractivity contribution in [1.82, 2.24) is 19.4 Å². The summed E-state index contributed by atoms with van der Waals surface area (Å²) >= 11 is 0. The van der Waals surface area contributed by atoms with Crippen molar-refractivity contribution in [2.45, 2.75) is 19.5 Å². The van der Waals surface area contributed by atoms with E-state index in [0.29, 0.717) is 5.56 Å².